The number of benzene rings is 1. The Morgan fingerprint density at radius 1 is 1.63 bits per heavy atom. The standard InChI is InChI=1S/C11H14ClFN2O4/c1-19-6-7(16)2-3-14-10-5-9(13)8(12)4-11(10)15(17)18/h4-5,7,14,16H,2-3,6H2,1H3. The molecule has 0 amide bonds. The molecule has 6 nitrogen and oxygen atoms in total. The van der Waals surface area contributed by atoms with E-state index in [2.05, 4.69) is 5.32 Å². The quantitative estimate of drug-likeness (QED) is 0.594. The summed E-state index contributed by atoms with van der Waals surface area (Å²) in [6.07, 6.45) is -0.372. The van der Waals surface area contributed by atoms with Crippen LogP contribution in [0, 0.1) is 15.9 Å². The molecule has 0 saturated heterocycles. The summed E-state index contributed by atoms with van der Waals surface area (Å²) >= 11 is 5.49. The van der Waals surface area contributed by atoms with Gasteiger partial charge in [0, 0.05) is 25.8 Å². The highest BCUT2D eigenvalue weighted by Crippen LogP contribution is 2.30. The largest absolute Gasteiger partial charge is 0.391 e. The van der Waals surface area contributed by atoms with Crippen LogP contribution < -0.4 is 5.32 Å². The Kier molecular flexibility index (Phi) is 5.94. The van der Waals surface area contributed by atoms with Gasteiger partial charge in [-0.25, -0.2) is 4.39 Å². The smallest absolute Gasteiger partial charge is 0.294 e. The molecule has 0 aliphatic heterocycles. The lowest BCUT2D eigenvalue weighted by molar-refractivity contribution is -0.384. The van der Waals surface area contributed by atoms with Crippen molar-refractivity contribution in [1.82, 2.24) is 0 Å². The van der Waals surface area contributed by atoms with Crippen molar-refractivity contribution in [3.63, 3.8) is 0 Å². The molecule has 0 aromatic heterocycles. The summed E-state index contributed by atoms with van der Waals surface area (Å²) < 4.78 is 18.0. The van der Waals surface area contributed by atoms with Gasteiger partial charge in [0.2, 0.25) is 0 Å². The Morgan fingerprint density at radius 2 is 2.32 bits per heavy atom. The molecule has 0 heterocycles. The maximum Gasteiger partial charge on any atom is 0.294 e. The third kappa shape index (κ3) is 4.62. The molecule has 1 atom stereocenters. The number of halogens is 2. The summed E-state index contributed by atoms with van der Waals surface area (Å²) in [6.45, 7) is 0.408. The first-order chi connectivity index (χ1) is 8.95. The molecular formula is C11H14ClFN2O4. The van der Waals surface area contributed by atoms with E-state index in [4.69, 9.17) is 16.3 Å². The molecule has 0 radical (unpaired) electrons. The lowest BCUT2D eigenvalue weighted by atomic mass is 10.2. The third-order valence-electron chi connectivity index (χ3n) is 2.39. The monoisotopic (exact) mass is 292 g/mol. The number of nitro groups is 1. The lowest BCUT2D eigenvalue weighted by Gasteiger charge is -2.11. The van der Waals surface area contributed by atoms with Crippen molar-refractivity contribution in [2.24, 2.45) is 0 Å². The number of methoxy groups -OCH3 is 1. The van der Waals surface area contributed by atoms with Crippen LogP contribution in [0.1, 0.15) is 6.42 Å². The zero-order valence-electron chi connectivity index (χ0n) is 10.2. The number of hydrogen-bond acceptors (Lipinski definition) is 5. The van der Waals surface area contributed by atoms with Gasteiger partial charge in [-0.15, -0.1) is 0 Å². The van der Waals surface area contributed by atoms with Gasteiger partial charge in [-0.3, -0.25) is 10.1 Å². The summed E-state index contributed by atoms with van der Waals surface area (Å²) in [7, 11) is 1.45. The zero-order valence-corrected chi connectivity index (χ0v) is 11.0. The Morgan fingerprint density at radius 3 is 2.89 bits per heavy atom. The Balaban J connectivity index is 2.72. The fourth-order valence-corrected chi connectivity index (χ4v) is 1.64. The normalized spacial score (nSPS) is 12.2. The van der Waals surface area contributed by atoms with E-state index in [0.29, 0.717) is 6.42 Å². The van der Waals surface area contributed by atoms with Crippen LogP contribution in [0.2, 0.25) is 5.02 Å². The van der Waals surface area contributed by atoms with Gasteiger partial charge in [0.05, 0.1) is 22.7 Å². The first-order valence-corrected chi connectivity index (χ1v) is 5.87. The Bertz CT molecular complexity index is 459. The average molecular weight is 293 g/mol. The van der Waals surface area contributed by atoms with Gasteiger partial charge in [0.25, 0.3) is 5.69 Å². The molecule has 0 spiro atoms. The van der Waals surface area contributed by atoms with E-state index in [0.717, 1.165) is 12.1 Å². The third-order valence-corrected chi connectivity index (χ3v) is 2.68. The molecule has 8 heteroatoms. The van der Waals surface area contributed by atoms with E-state index in [-0.39, 0.29) is 29.5 Å². The predicted octanol–water partition coefficient (Wildman–Crippen LogP) is 2.20. The molecule has 1 rings (SSSR count). The second-order valence-corrected chi connectivity index (χ2v) is 4.27. The van der Waals surface area contributed by atoms with E-state index in [1.165, 1.54) is 7.11 Å². The molecule has 0 bridgehead atoms. The Labute approximate surface area is 114 Å². The number of nitrogens with zero attached hydrogens (tertiary/aromatic N) is 1. The molecular weight excluding hydrogens is 279 g/mol. The van der Waals surface area contributed by atoms with E-state index < -0.39 is 16.8 Å². The lowest BCUT2D eigenvalue weighted by Crippen LogP contribution is -2.18. The highest BCUT2D eigenvalue weighted by atomic mass is 35.5. The van der Waals surface area contributed by atoms with Crippen molar-refractivity contribution in [3.8, 4) is 0 Å². The number of nitro benzene ring substituents is 1. The van der Waals surface area contributed by atoms with Gasteiger partial charge in [-0.1, -0.05) is 11.6 Å². The summed E-state index contributed by atoms with van der Waals surface area (Å²) in [6, 6.07) is 1.91. The van der Waals surface area contributed by atoms with E-state index in [1.807, 2.05) is 0 Å². The average Bonchev–Trinajstić information content (AvgIpc) is 2.33. The van der Waals surface area contributed by atoms with E-state index >= 15 is 0 Å². The molecule has 0 fully saturated rings. The Hall–Kier alpha value is -1.44. The number of hydrogen-bond donors (Lipinski definition) is 2. The van der Waals surface area contributed by atoms with Crippen molar-refractivity contribution >= 4 is 23.0 Å². The molecule has 19 heavy (non-hydrogen) atoms. The van der Waals surface area contributed by atoms with Crippen molar-refractivity contribution in [2.75, 3.05) is 25.6 Å². The van der Waals surface area contributed by atoms with E-state index in [1.54, 1.807) is 0 Å². The summed E-state index contributed by atoms with van der Waals surface area (Å²) in [5.74, 6) is -0.743. The minimum Gasteiger partial charge on any atom is -0.391 e. The highest BCUT2D eigenvalue weighted by molar-refractivity contribution is 6.31. The van der Waals surface area contributed by atoms with Gasteiger partial charge in [0.1, 0.15) is 11.5 Å². The van der Waals surface area contributed by atoms with E-state index in [9.17, 15) is 19.6 Å². The molecule has 1 unspecified atom stereocenters. The van der Waals surface area contributed by atoms with Crippen LogP contribution in [-0.4, -0.2) is 36.4 Å². The van der Waals surface area contributed by atoms with Crippen LogP contribution >= 0.6 is 11.6 Å². The van der Waals surface area contributed by atoms with Gasteiger partial charge < -0.3 is 15.2 Å². The van der Waals surface area contributed by atoms with Crippen LogP contribution in [0.25, 0.3) is 0 Å². The van der Waals surface area contributed by atoms with Crippen LogP contribution in [0.3, 0.4) is 0 Å². The summed E-state index contributed by atoms with van der Waals surface area (Å²) in [4.78, 5) is 10.1. The number of nitrogens with one attached hydrogen (secondary N) is 1. The molecule has 2 N–H and O–H groups in total. The number of ether oxygens (including phenoxy) is 1. The second kappa shape index (κ2) is 7.22. The maximum atomic E-state index is 13.3. The molecule has 0 aliphatic rings. The van der Waals surface area contributed by atoms with Crippen molar-refractivity contribution in [1.29, 1.82) is 0 Å². The van der Waals surface area contributed by atoms with Crippen LogP contribution in [0.4, 0.5) is 15.8 Å². The fourth-order valence-electron chi connectivity index (χ4n) is 1.48. The molecule has 1 aromatic rings. The minimum absolute atomic E-state index is 0.0246. The van der Waals surface area contributed by atoms with Gasteiger partial charge in [0.15, 0.2) is 0 Å². The van der Waals surface area contributed by atoms with Crippen LogP contribution in [-0.2, 0) is 4.74 Å². The molecule has 106 valence electrons. The van der Waals surface area contributed by atoms with Crippen LogP contribution in [0.15, 0.2) is 12.1 Å². The van der Waals surface area contributed by atoms with Crippen molar-refractivity contribution < 1.29 is 19.2 Å². The summed E-state index contributed by atoms with van der Waals surface area (Å²) in [5.41, 5.74) is -0.288. The van der Waals surface area contributed by atoms with Gasteiger partial charge >= 0.3 is 0 Å². The first-order valence-electron chi connectivity index (χ1n) is 5.50. The predicted molar refractivity (Wildman–Crippen MR) is 69.1 cm³/mol. The highest BCUT2D eigenvalue weighted by Gasteiger charge is 2.17. The molecule has 0 aliphatic carbocycles. The minimum atomic E-state index is -0.743. The zero-order chi connectivity index (χ0) is 14.4. The second-order valence-electron chi connectivity index (χ2n) is 3.87. The van der Waals surface area contributed by atoms with Gasteiger partial charge in [-0.05, 0) is 6.42 Å². The maximum absolute atomic E-state index is 13.3. The number of rotatable bonds is 7. The number of anilines is 1. The molecule has 1 aromatic carbocycles. The topological polar surface area (TPSA) is 84.6 Å². The molecule has 0 saturated carbocycles. The SMILES string of the molecule is COCC(O)CCNc1cc(F)c(Cl)cc1[N+](=O)[O-]. The summed E-state index contributed by atoms with van der Waals surface area (Å²) in [5, 5.41) is 22.6. The number of aliphatic hydroxyl groups excluding tert-OH is 1. The first kappa shape index (κ1) is 15.6. The fraction of sp³-hybridized carbons (Fsp3) is 0.455. The van der Waals surface area contributed by atoms with Crippen molar-refractivity contribution in [3.05, 3.63) is 33.1 Å². The van der Waals surface area contributed by atoms with Crippen molar-refractivity contribution in [2.45, 2.75) is 12.5 Å². The van der Waals surface area contributed by atoms with Crippen LogP contribution in [0.5, 0.6) is 0 Å². The van der Waals surface area contributed by atoms with Gasteiger partial charge in [-0.2, -0.15) is 0 Å². The number of aliphatic hydroxyl groups is 1.